The van der Waals surface area contributed by atoms with E-state index >= 15 is 0 Å². The molecule has 2 heterocycles. The van der Waals surface area contributed by atoms with Gasteiger partial charge in [-0.15, -0.1) is 10.2 Å². The number of carbonyl (C=O) groups is 1. The number of aliphatic imine (C=N–C) groups is 1. The van der Waals surface area contributed by atoms with E-state index in [1.165, 1.54) is 0 Å². The third-order valence-corrected chi connectivity index (χ3v) is 5.82. The molecule has 1 amide bonds. The fourth-order valence-corrected chi connectivity index (χ4v) is 3.64. The van der Waals surface area contributed by atoms with Gasteiger partial charge in [0.25, 0.3) is 0 Å². The summed E-state index contributed by atoms with van der Waals surface area (Å²) in [6.45, 7) is 4.80. The molecule has 1 fully saturated rings. The van der Waals surface area contributed by atoms with E-state index in [0.29, 0.717) is 25.4 Å². The number of hydrogen-bond donors (Lipinski definition) is 2. The fraction of sp³-hybridized carbons (Fsp3) is 0.545. The van der Waals surface area contributed by atoms with Gasteiger partial charge in [0.15, 0.2) is 11.8 Å². The molecule has 0 atom stereocenters. The van der Waals surface area contributed by atoms with Gasteiger partial charge in [-0.25, -0.2) is 4.99 Å². The van der Waals surface area contributed by atoms with E-state index < -0.39 is 0 Å². The second-order valence-corrected chi connectivity index (χ2v) is 7.87. The summed E-state index contributed by atoms with van der Waals surface area (Å²) >= 11 is 0. The third kappa shape index (κ3) is 6.19. The Bertz CT molecular complexity index is 884. The van der Waals surface area contributed by atoms with E-state index in [4.69, 9.17) is 9.73 Å². The number of nitrogens with one attached hydrogen (secondary N) is 2. The lowest BCUT2D eigenvalue weighted by atomic mass is 9.93. The van der Waals surface area contributed by atoms with E-state index in [-0.39, 0.29) is 5.91 Å². The van der Waals surface area contributed by atoms with E-state index in [9.17, 15) is 4.79 Å². The minimum absolute atomic E-state index is 0.114. The van der Waals surface area contributed by atoms with Crippen molar-refractivity contribution < 1.29 is 9.53 Å². The summed E-state index contributed by atoms with van der Waals surface area (Å²) in [6, 6.07) is 7.96. The Balaban J connectivity index is 1.67. The Morgan fingerprint density at radius 2 is 1.94 bits per heavy atom. The number of piperidine rings is 1. The molecule has 1 aliphatic heterocycles. The summed E-state index contributed by atoms with van der Waals surface area (Å²) in [4.78, 5) is 18.9. The largest absolute Gasteiger partial charge is 0.497 e. The lowest BCUT2D eigenvalue weighted by Crippen LogP contribution is -2.46. The van der Waals surface area contributed by atoms with Crippen LogP contribution in [0.1, 0.15) is 36.5 Å². The molecule has 9 heteroatoms. The van der Waals surface area contributed by atoms with Crippen molar-refractivity contribution in [2.45, 2.75) is 39.3 Å². The van der Waals surface area contributed by atoms with E-state index in [1.807, 2.05) is 42.8 Å². The Labute approximate surface area is 183 Å². The highest BCUT2D eigenvalue weighted by Gasteiger charge is 2.23. The van der Waals surface area contributed by atoms with Gasteiger partial charge in [0.2, 0.25) is 5.91 Å². The van der Waals surface area contributed by atoms with Gasteiger partial charge in [-0.3, -0.25) is 4.79 Å². The summed E-state index contributed by atoms with van der Waals surface area (Å²) < 4.78 is 7.21. The number of aryl methyl sites for hydroxylation is 1. The summed E-state index contributed by atoms with van der Waals surface area (Å²) in [5.41, 5.74) is 1.11. The summed E-state index contributed by atoms with van der Waals surface area (Å²) in [5, 5.41) is 14.6. The first-order valence-electron chi connectivity index (χ1n) is 10.7. The molecule has 0 saturated carbocycles. The van der Waals surface area contributed by atoms with Gasteiger partial charge in [0.1, 0.15) is 11.6 Å². The van der Waals surface area contributed by atoms with Crippen LogP contribution in [0.15, 0.2) is 29.3 Å². The smallest absolute Gasteiger partial charge is 0.220 e. The standard InChI is InChI=1S/C22H33N7O2/c1-16-26-27-20(28(16)3)15-25-22(24-14-18-5-7-19(31-4)8-6-18)29-11-9-17(10-12-29)13-21(30)23-2/h5-8,17H,9-15H2,1-4H3,(H,23,30)(H,24,25). The molecule has 0 aliphatic carbocycles. The number of benzene rings is 1. The highest BCUT2D eigenvalue weighted by atomic mass is 16.5. The van der Waals surface area contributed by atoms with Crippen LogP contribution in [0.3, 0.4) is 0 Å². The number of rotatable bonds is 7. The van der Waals surface area contributed by atoms with Gasteiger partial charge in [0, 0.05) is 33.6 Å². The highest BCUT2D eigenvalue weighted by Crippen LogP contribution is 2.21. The van der Waals surface area contributed by atoms with Crippen LogP contribution in [-0.4, -0.2) is 58.8 Å². The second kappa shape index (κ2) is 10.8. The molecule has 0 radical (unpaired) electrons. The maximum atomic E-state index is 11.7. The topological polar surface area (TPSA) is 96.7 Å². The van der Waals surface area contributed by atoms with Crippen LogP contribution in [0.4, 0.5) is 0 Å². The minimum atomic E-state index is 0.114. The van der Waals surface area contributed by atoms with Crippen LogP contribution in [0.2, 0.25) is 0 Å². The summed E-state index contributed by atoms with van der Waals surface area (Å²) in [7, 11) is 5.32. The molecule has 9 nitrogen and oxygen atoms in total. The monoisotopic (exact) mass is 427 g/mol. The molecular formula is C22H33N7O2. The number of carbonyl (C=O) groups excluding carboxylic acids is 1. The van der Waals surface area contributed by atoms with Gasteiger partial charge in [-0.2, -0.15) is 0 Å². The molecule has 168 valence electrons. The normalized spacial score (nSPS) is 15.1. The van der Waals surface area contributed by atoms with E-state index in [0.717, 1.165) is 54.9 Å². The number of nitrogens with zero attached hydrogens (tertiary/aromatic N) is 5. The predicted molar refractivity (Wildman–Crippen MR) is 120 cm³/mol. The van der Waals surface area contributed by atoms with Crippen LogP contribution in [0.5, 0.6) is 5.75 Å². The molecule has 2 aromatic rings. The van der Waals surface area contributed by atoms with Crippen molar-refractivity contribution in [3.63, 3.8) is 0 Å². The molecule has 3 rings (SSSR count). The predicted octanol–water partition coefficient (Wildman–Crippen LogP) is 1.63. The Kier molecular flexibility index (Phi) is 7.86. The van der Waals surface area contributed by atoms with Crippen molar-refractivity contribution in [1.82, 2.24) is 30.3 Å². The maximum Gasteiger partial charge on any atom is 0.220 e. The molecule has 2 N–H and O–H groups in total. The van der Waals surface area contributed by atoms with Gasteiger partial charge in [-0.1, -0.05) is 12.1 Å². The molecule has 1 aromatic heterocycles. The molecular weight excluding hydrogens is 394 g/mol. The van der Waals surface area contributed by atoms with Crippen LogP contribution >= 0.6 is 0 Å². The first-order chi connectivity index (χ1) is 15.0. The number of ether oxygens (including phenoxy) is 1. The molecule has 1 saturated heterocycles. The van der Waals surface area contributed by atoms with Crippen molar-refractivity contribution in [2.75, 3.05) is 27.2 Å². The number of guanidine groups is 1. The molecule has 31 heavy (non-hydrogen) atoms. The molecule has 1 aromatic carbocycles. The number of hydrogen-bond acceptors (Lipinski definition) is 5. The highest BCUT2D eigenvalue weighted by molar-refractivity contribution is 5.80. The van der Waals surface area contributed by atoms with Crippen LogP contribution in [0.25, 0.3) is 0 Å². The van der Waals surface area contributed by atoms with E-state index in [1.54, 1.807) is 14.2 Å². The van der Waals surface area contributed by atoms with Crippen molar-refractivity contribution >= 4 is 11.9 Å². The Hall–Kier alpha value is -3.10. The lowest BCUT2D eigenvalue weighted by Gasteiger charge is -2.34. The average Bonchev–Trinajstić information content (AvgIpc) is 3.12. The summed E-state index contributed by atoms with van der Waals surface area (Å²) in [5.74, 6) is 3.97. The quantitative estimate of drug-likeness (QED) is 0.515. The maximum absolute atomic E-state index is 11.7. The van der Waals surface area contributed by atoms with Crippen molar-refractivity contribution in [3.8, 4) is 5.75 Å². The number of methoxy groups -OCH3 is 1. The van der Waals surface area contributed by atoms with E-state index in [2.05, 4.69) is 25.7 Å². The molecule has 1 aliphatic rings. The zero-order valence-electron chi connectivity index (χ0n) is 18.9. The number of aromatic nitrogens is 3. The van der Waals surface area contributed by atoms with Crippen LogP contribution < -0.4 is 15.4 Å². The fourth-order valence-electron chi connectivity index (χ4n) is 3.64. The average molecular weight is 428 g/mol. The zero-order chi connectivity index (χ0) is 22.2. The van der Waals surface area contributed by atoms with Gasteiger partial charge in [-0.05, 0) is 43.4 Å². The van der Waals surface area contributed by atoms with Crippen molar-refractivity contribution in [2.24, 2.45) is 18.0 Å². The third-order valence-electron chi connectivity index (χ3n) is 5.82. The van der Waals surface area contributed by atoms with Gasteiger partial charge >= 0.3 is 0 Å². The SMILES string of the molecule is CNC(=O)CC1CCN(C(=NCc2ccc(OC)cc2)NCc2nnc(C)n2C)CC1. The number of amides is 1. The van der Waals surface area contributed by atoms with Gasteiger partial charge in [0.05, 0.1) is 20.2 Å². The molecule has 0 spiro atoms. The second-order valence-electron chi connectivity index (χ2n) is 7.87. The number of likely N-dealkylation sites (tertiary alicyclic amines) is 1. The van der Waals surface area contributed by atoms with Crippen molar-refractivity contribution in [3.05, 3.63) is 41.5 Å². The van der Waals surface area contributed by atoms with Crippen LogP contribution in [0, 0.1) is 12.8 Å². The summed E-state index contributed by atoms with van der Waals surface area (Å²) in [6.07, 6.45) is 2.54. The Morgan fingerprint density at radius 3 is 2.52 bits per heavy atom. The molecule has 0 unspecified atom stereocenters. The zero-order valence-corrected chi connectivity index (χ0v) is 18.9. The Morgan fingerprint density at radius 1 is 1.23 bits per heavy atom. The lowest BCUT2D eigenvalue weighted by molar-refractivity contribution is -0.121. The first-order valence-corrected chi connectivity index (χ1v) is 10.7. The van der Waals surface area contributed by atoms with Gasteiger partial charge < -0.3 is 24.8 Å². The molecule has 0 bridgehead atoms. The van der Waals surface area contributed by atoms with Crippen molar-refractivity contribution in [1.29, 1.82) is 0 Å². The first kappa shape index (κ1) is 22.6. The van der Waals surface area contributed by atoms with Crippen LogP contribution in [-0.2, 0) is 24.9 Å². The minimum Gasteiger partial charge on any atom is -0.497 e.